The summed E-state index contributed by atoms with van der Waals surface area (Å²) in [6, 6.07) is 7.90. The number of halogens is 2. The van der Waals surface area contributed by atoms with Gasteiger partial charge in [-0.3, -0.25) is 4.90 Å². The van der Waals surface area contributed by atoms with Crippen LogP contribution in [0.25, 0.3) is 0 Å². The van der Waals surface area contributed by atoms with Gasteiger partial charge in [-0.1, -0.05) is 12.1 Å². The summed E-state index contributed by atoms with van der Waals surface area (Å²) in [5, 5.41) is 3.40. The quantitative estimate of drug-likeness (QED) is 0.887. The molecule has 1 aliphatic heterocycles. The molecule has 0 amide bonds. The molecule has 1 aromatic rings. The molecule has 0 unspecified atom stereocenters. The Kier molecular flexibility index (Phi) is 5.10. The summed E-state index contributed by atoms with van der Waals surface area (Å²) in [4.78, 5) is 2.39. The van der Waals surface area contributed by atoms with Crippen LogP contribution in [0.15, 0.2) is 24.3 Å². The van der Waals surface area contributed by atoms with E-state index in [0.717, 1.165) is 26.2 Å². The van der Waals surface area contributed by atoms with Gasteiger partial charge in [0.2, 0.25) is 0 Å². The monoisotopic (exact) mass is 270 g/mol. The predicted octanol–water partition coefficient (Wildman–Crippen LogP) is 2.12. The zero-order valence-electron chi connectivity index (χ0n) is 11.1. The molecule has 19 heavy (non-hydrogen) atoms. The molecule has 1 aliphatic rings. The van der Waals surface area contributed by atoms with Crippen LogP contribution in [0, 0.1) is 0 Å². The molecule has 0 radical (unpaired) electrons. The van der Waals surface area contributed by atoms with Crippen molar-refractivity contribution in [2.75, 3.05) is 26.2 Å². The zero-order valence-corrected chi connectivity index (χ0v) is 11.1. The van der Waals surface area contributed by atoms with Crippen molar-refractivity contribution in [3.8, 4) is 5.75 Å². The van der Waals surface area contributed by atoms with Gasteiger partial charge in [-0.2, -0.15) is 0 Å². The van der Waals surface area contributed by atoms with Crippen LogP contribution in [0.2, 0.25) is 0 Å². The average molecular weight is 270 g/mol. The van der Waals surface area contributed by atoms with Crippen molar-refractivity contribution in [2.45, 2.75) is 25.9 Å². The molecule has 2 rings (SSSR count). The predicted molar refractivity (Wildman–Crippen MR) is 70.7 cm³/mol. The normalized spacial score (nSPS) is 20.7. The van der Waals surface area contributed by atoms with E-state index in [1.165, 1.54) is 5.56 Å². The standard InChI is InChI=1S/C14H20F2N2O/c1-11-8-18(7-6-17-11)9-12-2-4-13(5-3-12)19-10-14(15)16/h2-5,11,14,17H,6-10H2,1H3/t11-/m1/s1. The molecule has 0 saturated carbocycles. The second kappa shape index (κ2) is 6.82. The fourth-order valence-corrected chi connectivity index (χ4v) is 2.26. The van der Waals surface area contributed by atoms with Gasteiger partial charge < -0.3 is 10.1 Å². The summed E-state index contributed by atoms with van der Waals surface area (Å²) < 4.78 is 29.0. The minimum atomic E-state index is -2.43. The van der Waals surface area contributed by atoms with Crippen LogP contribution in [0.4, 0.5) is 8.78 Å². The first-order valence-corrected chi connectivity index (χ1v) is 6.59. The van der Waals surface area contributed by atoms with Gasteiger partial charge in [0.1, 0.15) is 12.4 Å². The summed E-state index contributed by atoms with van der Waals surface area (Å²) in [6.07, 6.45) is -2.43. The molecule has 1 atom stereocenters. The van der Waals surface area contributed by atoms with Gasteiger partial charge >= 0.3 is 0 Å². The van der Waals surface area contributed by atoms with E-state index >= 15 is 0 Å². The Morgan fingerprint density at radius 3 is 2.74 bits per heavy atom. The Hall–Kier alpha value is -1.20. The van der Waals surface area contributed by atoms with Crippen LogP contribution < -0.4 is 10.1 Å². The van der Waals surface area contributed by atoms with Crippen molar-refractivity contribution in [3.05, 3.63) is 29.8 Å². The van der Waals surface area contributed by atoms with E-state index < -0.39 is 13.0 Å². The minimum Gasteiger partial charge on any atom is -0.488 e. The Morgan fingerprint density at radius 2 is 2.11 bits per heavy atom. The van der Waals surface area contributed by atoms with E-state index in [4.69, 9.17) is 4.74 Å². The fourth-order valence-electron chi connectivity index (χ4n) is 2.26. The van der Waals surface area contributed by atoms with Crippen LogP contribution in [-0.4, -0.2) is 43.6 Å². The Morgan fingerprint density at radius 1 is 1.37 bits per heavy atom. The van der Waals surface area contributed by atoms with E-state index in [1.54, 1.807) is 12.1 Å². The van der Waals surface area contributed by atoms with E-state index in [2.05, 4.69) is 17.1 Å². The van der Waals surface area contributed by atoms with Gasteiger partial charge in [0, 0.05) is 32.2 Å². The molecule has 3 nitrogen and oxygen atoms in total. The highest BCUT2D eigenvalue weighted by Gasteiger charge is 2.15. The number of nitrogens with zero attached hydrogens (tertiary/aromatic N) is 1. The lowest BCUT2D eigenvalue weighted by Crippen LogP contribution is -2.48. The van der Waals surface area contributed by atoms with Crippen LogP contribution in [-0.2, 0) is 6.54 Å². The number of hydrogen-bond acceptors (Lipinski definition) is 3. The molecular formula is C14H20F2N2O. The van der Waals surface area contributed by atoms with E-state index in [9.17, 15) is 8.78 Å². The maximum Gasteiger partial charge on any atom is 0.272 e. The maximum atomic E-state index is 12.0. The van der Waals surface area contributed by atoms with E-state index in [1.807, 2.05) is 12.1 Å². The Balaban J connectivity index is 1.84. The summed E-state index contributed by atoms with van der Waals surface area (Å²) in [7, 11) is 0. The molecule has 1 aromatic carbocycles. The lowest BCUT2D eigenvalue weighted by Gasteiger charge is -2.31. The van der Waals surface area contributed by atoms with Crippen LogP contribution in [0.5, 0.6) is 5.75 Å². The molecule has 106 valence electrons. The third kappa shape index (κ3) is 4.76. The lowest BCUT2D eigenvalue weighted by atomic mass is 10.1. The number of hydrogen-bond donors (Lipinski definition) is 1. The van der Waals surface area contributed by atoms with Crippen molar-refractivity contribution in [1.29, 1.82) is 0 Å². The van der Waals surface area contributed by atoms with Gasteiger partial charge in [-0.15, -0.1) is 0 Å². The van der Waals surface area contributed by atoms with Gasteiger partial charge in [0.15, 0.2) is 0 Å². The highest BCUT2D eigenvalue weighted by Crippen LogP contribution is 2.15. The first-order valence-electron chi connectivity index (χ1n) is 6.59. The first kappa shape index (κ1) is 14.2. The second-order valence-corrected chi connectivity index (χ2v) is 4.94. The van der Waals surface area contributed by atoms with Gasteiger partial charge in [-0.05, 0) is 24.6 Å². The van der Waals surface area contributed by atoms with Crippen molar-refractivity contribution in [1.82, 2.24) is 10.2 Å². The highest BCUT2D eigenvalue weighted by molar-refractivity contribution is 5.27. The van der Waals surface area contributed by atoms with Crippen molar-refractivity contribution < 1.29 is 13.5 Å². The van der Waals surface area contributed by atoms with E-state index in [0.29, 0.717) is 11.8 Å². The maximum absolute atomic E-state index is 12.0. The summed E-state index contributed by atoms with van der Waals surface area (Å²) in [6.45, 7) is 5.59. The summed E-state index contributed by atoms with van der Waals surface area (Å²) >= 11 is 0. The van der Waals surface area contributed by atoms with Gasteiger partial charge in [0.05, 0.1) is 0 Å². The number of ether oxygens (including phenoxy) is 1. The van der Waals surface area contributed by atoms with Gasteiger partial charge in [0.25, 0.3) is 6.43 Å². The molecule has 5 heteroatoms. The molecule has 0 bridgehead atoms. The van der Waals surface area contributed by atoms with Gasteiger partial charge in [-0.25, -0.2) is 8.78 Å². The molecule has 1 fully saturated rings. The third-order valence-corrected chi connectivity index (χ3v) is 3.16. The SMILES string of the molecule is C[C@@H]1CN(Cc2ccc(OCC(F)F)cc2)CCN1. The smallest absolute Gasteiger partial charge is 0.272 e. The molecule has 0 aliphatic carbocycles. The Bertz CT molecular complexity index is 384. The first-order chi connectivity index (χ1) is 9.13. The third-order valence-electron chi connectivity index (χ3n) is 3.16. The van der Waals surface area contributed by atoms with E-state index in [-0.39, 0.29) is 0 Å². The van der Waals surface area contributed by atoms with Crippen molar-refractivity contribution >= 4 is 0 Å². The lowest BCUT2D eigenvalue weighted by molar-refractivity contribution is 0.0819. The number of piperazine rings is 1. The van der Waals surface area contributed by atoms with Crippen molar-refractivity contribution in [3.63, 3.8) is 0 Å². The topological polar surface area (TPSA) is 24.5 Å². The van der Waals surface area contributed by atoms with Crippen LogP contribution in [0.3, 0.4) is 0 Å². The summed E-state index contributed by atoms with van der Waals surface area (Å²) in [5.74, 6) is 0.498. The van der Waals surface area contributed by atoms with Crippen LogP contribution >= 0.6 is 0 Å². The molecule has 0 spiro atoms. The number of rotatable bonds is 5. The largest absolute Gasteiger partial charge is 0.488 e. The van der Waals surface area contributed by atoms with Crippen LogP contribution in [0.1, 0.15) is 12.5 Å². The molecule has 1 saturated heterocycles. The molecule has 1 N–H and O–H groups in total. The molecule has 0 aromatic heterocycles. The number of benzene rings is 1. The fraction of sp³-hybridized carbons (Fsp3) is 0.571. The molecular weight excluding hydrogens is 250 g/mol. The minimum absolute atomic E-state index is 0.498. The second-order valence-electron chi connectivity index (χ2n) is 4.94. The zero-order chi connectivity index (χ0) is 13.7. The molecule has 1 heterocycles. The number of nitrogens with one attached hydrogen (secondary N) is 1. The average Bonchev–Trinajstić information content (AvgIpc) is 2.38. The summed E-state index contributed by atoms with van der Waals surface area (Å²) in [5.41, 5.74) is 1.18. The highest BCUT2D eigenvalue weighted by atomic mass is 19.3. The number of alkyl halides is 2. The van der Waals surface area contributed by atoms with Crippen molar-refractivity contribution in [2.24, 2.45) is 0 Å². The Labute approximate surface area is 112 Å².